The van der Waals surface area contributed by atoms with Crippen LogP contribution in [0.5, 0.6) is 0 Å². The van der Waals surface area contributed by atoms with Crippen LogP contribution in [0.4, 0.5) is 0 Å². The normalized spacial score (nSPS) is 14.5. The van der Waals surface area contributed by atoms with Gasteiger partial charge in [-0.3, -0.25) is 37.3 Å². The van der Waals surface area contributed by atoms with Crippen molar-refractivity contribution >= 4 is 39.5 Å². The minimum Gasteiger partial charge on any atom is -0.462 e. The van der Waals surface area contributed by atoms with E-state index in [-0.39, 0.29) is 25.7 Å². The first-order chi connectivity index (χ1) is 49.2. The number of esters is 4. The average Bonchev–Trinajstić information content (AvgIpc) is 0.910. The summed E-state index contributed by atoms with van der Waals surface area (Å²) in [6, 6.07) is 0. The number of ether oxygens (including phenoxy) is 4. The molecule has 0 aromatic heterocycles. The summed E-state index contributed by atoms with van der Waals surface area (Å²) in [6.07, 6.45) is 59.6. The molecule has 102 heavy (non-hydrogen) atoms. The molecule has 0 aliphatic carbocycles. The molecule has 0 aromatic carbocycles. The lowest BCUT2D eigenvalue weighted by Gasteiger charge is -2.21. The predicted octanol–water partition coefficient (Wildman–Crippen LogP) is 24.8. The molecular formula is C83H162O17P2. The fourth-order valence-electron chi connectivity index (χ4n) is 12.7. The Bertz CT molecular complexity index is 1990. The molecule has 0 spiro atoms. The molecular weight excluding hydrogens is 1330 g/mol. The van der Waals surface area contributed by atoms with E-state index in [1.807, 2.05) is 0 Å². The highest BCUT2D eigenvalue weighted by Gasteiger charge is 2.30. The number of aliphatic hydroxyl groups is 1. The Balaban J connectivity index is 5.25. The molecule has 0 heterocycles. The van der Waals surface area contributed by atoms with Crippen molar-refractivity contribution in [1.29, 1.82) is 0 Å². The van der Waals surface area contributed by atoms with Crippen LogP contribution in [0.25, 0.3) is 0 Å². The fraction of sp³-hybridized carbons (Fsp3) is 0.952. The van der Waals surface area contributed by atoms with Gasteiger partial charge in [0.2, 0.25) is 0 Å². The van der Waals surface area contributed by atoms with Crippen molar-refractivity contribution in [3.63, 3.8) is 0 Å². The van der Waals surface area contributed by atoms with E-state index in [9.17, 15) is 43.2 Å². The zero-order valence-corrected chi connectivity index (χ0v) is 69.0. The Hall–Kier alpha value is -1.94. The van der Waals surface area contributed by atoms with Crippen LogP contribution < -0.4 is 0 Å². The summed E-state index contributed by atoms with van der Waals surface area (Å²) in [5.41, 5.74) is 0. The van der Waals surface area contributed by atoms with Gasteiger partial charge in [-0.05, 0) is 49.4 Å². The van der Waals surface area contributed by atoms with Crippen molar-refractivity contribution in [1.82, 2.24) is 0 Å². The summed E-state index contributed by atoms with van der Waals surface area (Å²) in [4.78, 5) is 73.1. The fourth-order valence-corrected chi connectivity index (χ4v) is 14.3. The summed E-state index contributed by atoms with van der Waals surface area (Å²) in [6.45, 7) is 14.3. The highest BCUT2D eigenvalue weighted by molar-refractivity contribution is 7.47. The second kappa shape index (κ2) is 72.0. The van der Waals surface area contributed by atoms with Crippen LogP contribution in [-0.2, 0) is 65.4 Å². The number of carbonyl (C=O) groups is 4. The van der Waals surface area contributed by atoms with Crippen LogP contribution in [-0.4, -0.2) is 96.7 Å². The van der Waals surface area contributed by atoms with Crippen LogP contribution in [0.3, 0.4) is 0 Å². The molecule has 4 unspecified atom stereocenters. The Morgan fingerprint density at radius 2 is 0.471 bits per heavy atom. The van der Waals surface area contributed by atoms with Crippen LogP contribution in [0.2, 0.25) is 0 Å². The lowest BCUT2D eigenvalue weighted by Crippen LogP contribution is -2.30. The maximum Gasteiger partial charge on any atom is 0.472 e. The number of phosphoric acid groups is 2. The molecule has 0 amide bonds. The quantitative estimate of drug-likeness (QED) is 0.0222. The summed E-state index contributed by atoms with van der Waals surface area (Å²) in [5.74, 6) is 1.06. The minimum absolute atomic E-state index is 0.106. The van der Waals surface area contributed by atoms with Crippen LogP contribution in [0.1, 0.15) is 428 Å². The number of carbonyl (C=O) groups excluding carboxylic acids is 4. The van der Waals surface area contributed by atoms with E-state index in [1.165, 1.54) is 225 Å². The van der Waals surface area contributed by atoms with Crippen molar-refractivity contribution in [2.45, 2.75) is 446 Å². The summed E-state index contributed by atoms with van der Waals surface area (Å²) < 4.78 is 68.8. The standard InChI is InChI=1S/C83H162O17P2/c1-9-75(7)61-53-45-37-31-25-19-13-16-22-28-34-40-50-58-66-83(88)100-79(70-94-81(86)64-56-48-42-41-46-54-62-76(8)10-2)72-98-102(91,92)96-68-77(84)67-95-101(89,90)97-71-78(99-82(87)65-57-49-39-33-27-21-15-12-18-24-30-36-44-52-60-74(5)6)69-93-80(85)63-55-47-38-32-26-20-14-11-17-23-29-35-43-51-59-73(3)4/h73-79,84H,9-72H2,1-8H3,(H,89,90)(H,91,92)/t75?,76?,77-,78-,79-/m1/s1. The first-order valence-electron chi connectivity index (χ1n) is 42.8. The van der Waals surface area contributed by atoms with E-state index in [4.69, 9.17) is 37.0 Å². The zero-order valence-electron chi connectivity index (χ0n) is 67.2. The summed E-state index contributed by atoms with van der Waals surface area (Å²) >= 11 is 0. The highest BCUT2D eigenvalue weighted by Crippen LogP contribution is 2.45. The first kappa shape index (κ1) is 100. The van der Waals surface area contributed by atoms with Gasteiger partial charge in [0, 0.05) is 25.7 Å². The smallest absolute Gasteiger partial charge is 0.462 e. The largest absolute Gasteiger partial charge is 0.472 e. The molecule has 0 bridgehead atoms. The van der Waals surface area contributed by atoms with Gasteiger partial charge in [-0.25, -0.2) is 9.13 Å². The number of hydrogen-bond donors (Lipinski definition) is 3. The monoisotopic (exact) mass is 1490 g/mol. The van der Waals surface area contributed by atoms with Crippen LogP contribution in [0, 0.1) is 23.7 Å². The molecule has 17 nitrogen and oxygen atoms in total. The summed E-state index contributed by atoms with van der Waals surface area (Å²) in [5, 5.41) is 10.7. The molecule has 0 aliphatic rings. The highest BCUT2D eigenvalue weighted by atomic mass is 31.2. The van der Waals surface area contributed by atoms with E-state index < -0.39 is 97.5 Å². The molecule has 0 fully saturated rings. The Morgan fingerprint density at radius 3 is 0.696 bits per heavy atom. The van der Waals surface area contributed by atoms with E-state index in [2.05, 4.69) is 55.4 Å². The molecule has 7 atom stereocenters. The average molecular weight is 1490 g/mol. The molecule has 0 radical (unpaired) electrons. The number of phosphoric ester groups is 2. The number of aliphatic hydroxyl groups excluding tert-OH is 1. The minimum atomic E-state index is -4.96. The van der Waals surface area contributed by atoms with Gasteiger partial charge in [0.25, 0.3) is 0 Å². The van der Waals surface area contributed by atoms with Crippen molar-refractivity contribution in [2.75, 3.05) is 39.6 Å². The molecule has 0 saturated carbocycles. The number of unbranched alkanes of at least 4 members (excludes halogenated alkanes) is 44. The first-order valence-corrected chi connectivity index (χ1v) is 45.8. The van der Waals surface area contributed by atoms with Crippen molar-refractivity contribution in [2.24, 2.45) is 23.7 Å². The Kier molecular flexibility index (Phi) is 70.6. The van der Waals surface area contributed by atoms with Crippen molar-refractivity contribution in [3.8, 4) is 0 Å². The SMILES string of the molecule is CCC(C)CCCCCCCCCCCCCCCCC(=O)O[C@H](COC(=O)CCCCCCCCC(C)CC)COP(=O)(O)OC[C@H](O)COP(=O)(O)OC[C@@H](COC(=O)CCCCCCCCCCCCCCCCC(C)C)OC(=O)CCCCCCCCCCCCCCCCC(C)C. The lowest BCUT2D eigenvalue weighted by molar-refractivity contribution is -0.161. The van der Waals surface area contributed by atoms with Crippen LogP contribution in [0.15, 0.2) is 0 Å². The maximum atomic E-state index is 13.1. The number of hydrogen-bond acceptors (Lipinski definition) is 15. The third kappa shape index (κ3) is 73.6. The van der Waals surface area contributed by atoms with E-state index in [0.717, 1.165) is 120 Å². The molecule has 3 N–H and O–H groups in total. The van der Waals surface area contributed by atoms with Gasteiger partial charge in [-0.1, -0.05) is 376 Å². The number of rotatable bonds is 80. The maximum absolute atomic E-state index is 13.1. The van der Waals surface area contributed by atoms with Gasteiger partial charge in [0.1, 0.15) is 19.3 Å². The molecule has 19 heteroatoms. The van der Waals surface area contributed by atoms with Gasteiger partial charge < -0.3 is 33.8 Å². The molecule has 0 aromatic rings. The molecule has 0 rings (SSSR count). The van der Waals surface area contributed by atoms with E-state index in [1.54, 1.807) is 0 Å². The Morgan fingerprint density at radius 1 is 0.275 bits per heavy atom. The third-order valence-corrected chi connectivity index (χ3v) is 21.9. The molecule has 606 valence electrons. The van der Waals surface area contributed by atoms with Gasteiger partial charge in [0.15, 0.2) is 12.2 Å². The van der Waals surface area contributed by atoms with Gasteiger partial charge in [0.05, 0.1) is 26.4 Å². The van der Waals surface area contributed by atoms with Crippen molar-refractivity contribution < 1.29 is 80.2 Å². The second-order valence-corrected chi connectivity index (χ2v) is 34.2. The Labute approximate surface area is 626 Å². The van der Waals surface area contributed by atoms with Gasteiger partial charge in [-0.2, -0.15) is 0 Å². The van der Waals surface area contributed by atoms with Gasteiger partial charge in [-0.15, -0.1) is 0 Å². The van der Waals surface area contributed by atoms with E-state index >= 15 is 0 Å². The molecule has 0 saturated heterocycles. The van der Waals surface area contributed by atoms with E-state index in [0.29, 0.717) is 25.7 Å². The topological polar surface area (TPSA) is 237 Å². The molecule has 0 aliphatic heterocycles. The van der Waals surface area contributed by atoms with Crippen molar-refractivity contribution in [3.05, 3.63) is 0 Å². The van der Waals surface area contributed by atoms with Crippen LogP contribution >= 0.6 is 15.6 Å². The predicted molar refractivity (Wildman–Crippen MR) is 418 cm³/mol. The van der Waals surface area contributed by atoms with Gasteiger partial charge >= 0.3 is 39.5 Å². The summed E-state index contributed by atoms with van der Waals surface area (Å²) in [7, 11) is -9.93. The zero-order chi connectivity index (χ0) is 75.3. The second-order valence-electron chi connectivity index (χ2n) is 31.3. The lowest BCUT2D eigenvalue weighted by atomic mass is 9.99. The third-order valence-electron chi connectivity index (χ3n) is 20.0.